The lowest BCUT2D eigenvalue weighted by molar-refractivity contribution is -0.146. The molecule has 2 N–H and O–H groups in total. The minimum atomic E-state index is -3.96. The van der Waals surface area contributed by atoms with Crippen LogP contribution in [0.25, 0.3) is 10.2 Å². The maximum absolute atomic E-state index is 13.7. The van der Waals surface area contributed by atoms with Gasteiger partial charge in [0.2, 0.25) is 10.0 Å². The van der Waals surface area contributed by atoms with Crippen LogP contribution < -0.4 is 5.32 Å². The number of fused-ring (bicyclic) bond motifs is 1. The van der Waals surface area contributed by atoms with Gasteiger partial charge < -0.3 is 19.9 Å². The molecule has 1 aromatic heterocycles. The number of alkyl carbamates (subject to hydrolysis) is 1. The van der Waals surface area contributed by atoms with Crippen molar-refractivity contribution in [3.63, 3.8) is 0 Å². The van der Waals surface area contributed by atoms with Crippen molar-refractivity contribution in [3.05, 3.63) is 59.6 Å². The molecule has 0 aliphatic rings. The van der Waals surface area contributed by atoms with Crippen LogP contribution in [-0.4, -0.2) is 73.8 Å². The smallest absolute Gasteiger partial charge is 0.407 e. The van der Waals surface area contributed by atoms with Crippen molar-refractivity contribution < 1.29 is 32.6 Å². The van der Waals surface area contributed by atoms with Crippen LogP contribution in [0.3, 0.4) is 0 Å². The lowest BCUT2D eigenvalue weighted by Gasteiger charge is -2.30. The normalized spacial score (nSPS) is 14.0. The Bertz CT molecular complexity index is 1350. The zero-order chi connectivity index (χ0) is 29.1. The maximum atomic E-state index is 13.7. The number of hydrogen-bond acceptors (Lipinski definition) is 9. The largest absolute Gasteiger partial charge is 0.469 e. The summed E-state index contributed by atoms with van der Waals surface area (Å²) in [5.74, 6) is -1.18. The molecule has 0 radical (unpaired) electrons. The number of nitrogens with zero attached hydrogens (tertiary/aromatic N) is 2. The fourth-order valence-electron chi connectivity index (χ4n) is 4.14. The molecule has 0 saturated heterocycles. The number of rotatable bonds is 15. The topological polar surface area (TPSA) is 135 Å². The number of carbonyl (C=O) groups is 2. The number of aliphatic hydroxyl groups is 1. The highest BCUT2D eigenvalue weighted by Gasteiger charge is 2.31. The van der Waals surface area contributed by atoms with Crippen LogP contribution in [0.4, 0.5) is 4.79 Å². The van der Waals surface area contributed by atoms with E-state index in [1.807, 2.05) is 37.3 Å². The molecule has 0 spiro atoms. The molecule has 0 fully saturated rings. The number of benzene rings is 2. The van der Waals surface area contributed by atoms with Gasteiger partial charge in [-0.05, 0) is 43.5 Å². The van der Waals surface area contributed by atoms with Gasteiger partial charge in [-0.1, -0.05) is 50.1 Å². The van der Waals surface area contributed by atoms with E-state index in [4.69, 9.17) is 4.74 Å². The number of amides is 1. The van der Waals surface area contributed by atoms with Crippen LogP contribution in [0.15, 0.2) is 58.9 Å². The maximum Gasteiger partial charge on any atom is 0.407 e. The molecule has 10 nitrogen and oxygen atoms in total. The Kier molecular flexibility index (Phi) is 11.9. The van der Waals surface area contributed by atoms with Crippen LogP contribution in [-0.2, 0) is 30.7 Å². The number of methoxy groups -OCH3 is 1. The highest BCUT2D eigenvalue weighted by Crippen LogP contribution is 2.25. The third-order valence-corrected chi connectivity index (χ3v) is 9.13. The second kappa shape index (κ2) is 15.1. The van der Waals surface area contributed by atoms with Gasteiger partial charge >= 0.3 is 12.1 Å². The van der Waals surface area contributed by atoms with Gasteiger partial charge in [0.05, 0.1) is 45.8 Å². The van der Waals surface area contributed by atoms with Crippen molar-refractivity contribution in [1.82, 2.24) is 14.6 Å². The van der Waals surface area contributed by atoms with Crippen molar-refractivity contribution in [2.45, 2.75) is 56.6 Å². The van der Waals surface area contributed by atoms with Crippen LogP contribution in [0.2, 0.25) is 0 Å². The van der Waals surface area contributed by atoms with Gasteiger partial charge in [0, 0.05) is 13.1 Å². The standard InChI is InChI=1S/C28H37N3O7S2/c1-4-5-9-14-31(40(35,36)22-12-13-23-26(16-22)39-19-29-23)17-25(32)24(15-21-10-7-6-8-11-21)30-28(34)38-18-20(2)27(33)37-3/h6-8,10-13,16,19-20,24-25,32H,4-5,9,14-15,17-18H2,1-3H3,(H,30,34)/t20-,24-,25+/m0/s1. The number of aliphatic hydroxyl groups excluding tert-OH is 1. The molecule has 1 amide bonds. The highest BCUT2D eigenvalue weighted by atomic mass is 32.2. The number of nitrogens with one attached hydrogen (secondary N) is 1. The first kappa shape index (κ1) is 31.5. The summed E-state index contributed by atoms with van der Waals surface area (Å²) >= 11 is 1.35. The number of carbonyl (C=O) groups excluding carboxylic acids is 2. The Labute approximate surface area is 239 Å². The number of ether oxygens (including phenoxy) is 2. The Balaban J connectivity index is 1.81. The van der Waals surface area contributed by atoms with E-state index in [-0.39, 0.29) is 31.0 Å². The van der Waals surface area contributed by atoms with Crippen LogP contribution in [0.1, 0.15) is 38.7 Å². The number of unbranched alkanes of at least 4 members (excludes halogenated alkanes) is 2. The van der Waals surface area contributed by atoms with Gasteiger partial charge in [0.15, 0.2) is 0 Å². The monoisotopic (exact) mass is 591 g/mol. The zero-order valence-corrected chi connectivity index (χ0v) is 24.6. The minimum absolute atomic E-state index is 0.122. The molecule has 40 heavy (non-hydrogen) atoms. The molecular weight excluding hydrogens is 554 g/mol. The summed E-state index contributed by atoms with van der Waals surface area (Å²) < 4.78 is 39.4. The van der Waals surface area contributed by atoms with Gasteiger partial charge in [0.25, 0.3) is 0 Å². The molecule has 0 aliphatic heterocycles. The molecule has 0 saturated carbocycles. The third kappa shape index (κ3) is 8.72. The Hall–Kier alpha value is -3.06. The molecule has 12 heteroatoms. The Morgan fingerprint density at radius 3 is 2.60 bits per heavy atom. The summed E-state index contributed by atoms with van der Waals surface area (Å²) in [6.45, 7) is 3.37. The quantitative estimate of drug-likeness (QED) is 0.200. The zero-order valence-electron chi connectivity index (χ0n) is 23.0. The van der Waals surface area contributed by atoms with E-state index in [9.17, 15) is 23.1 Å². The fourth-order valence-corrected chi connectivity index (χ4v) is 6.46. The molecule has 0 unspecified atom stereocenters. The van der Waals surface area contributed by atoms with E-state index in [1.54, 1.807) is 24.6 Å². The van der Waals surface area contributed by atoms with Crippen molar-refractivity contribution in [3.8, 4) is 0 Å². The first-order valence-corrected chi connectivity index (χ1v) is 15.5. The van der Waals surface area contributed by atoms with Crippen molar-refractivity contribution in [2.24, 2.45) is 5.92 Å². The van der Waals surface area contributed by atoms with Crippen molar-refractivity contribution >= 4 is 43.6 Å². The second-order valence-electron chi connectivity index (χ2n) is 9.58. The van der Waals surface area contributed by atoms with E-state index >= 15 is 0 Å². The lowest BCUT2D eigenvalue weighted by atomic mass is 10.0. The summed E-state index contributed by atoms with van der Waals surface area (Å²) in [5, 5.41) is 14.0. The van der Waals surface area contributed by atoms with Gasteiger partial charge in [-0.25, -0.2) is 18.2 Å². The summed E-state index contributed by atoms with van der Waals surface area (Å²) in [7, 11) is -2.71. The molecule has 3 rings (SSSR count). The van der Waals surface area contributed by atoms with E-state index < -0.39 is 40.1 Å². The van der Waals surface area contributed by atoms with Crippen LogP contribution in [0.5, 0.6) is 0 Å². The number of aromatic nitrogens is 1. The summed E-state index contributed by atoms with van der Waals surface area (Å²) in [5.41, 5.74) is 3.22. The van der Waals surface area contributed by atoms with Crippen LogP contribution >= 0.6 is 11.3 Å². The van der Waals surface area contributed by atoms with Gasteiger partial charge in [-0.3, -0.25) is 4.79 Å². The SMILES string of the molecule is CCCCCN(C[C@@H](O)[C@H](Cc1ccccc1)NC(=O)OC[C@H](C)C(=O)OC)S(=O)(=O)c1ccc2ncsc2c1. The average Bonchev–Trinajstić information content (AvgIpc) is 3.43. The molecule has 3 atom stereocenters. The number of sulfonamides is 1. The fraction of sp³-hybridized carbons (Fsp3) is 0.464. The third-order valence-electron chi connectivity index (χ3n) is 6.48. The Morgan fingerprint density at radius 2 is 1.90 bits per heavy atom. The van der Waals surface area contributed by atoms with E-state index in [0.29, 0.717) is 11.9 Å². The van der Waals surface area contributed by atoms with Gasteiger partial charge in [0.1, 0.15) is 6.61 Å². The summed E-state index contributed by atoms with van der Waals surface area (Å²) in [6.07, 6.45) is 0.500. The first-order valence-electron chi connectivity index (χ1n) is 13.2. The Morgan fingerprint density at radius 1 is 1.15 bits per heavy atom. The highest BCUT2D eigenvalue weighted by molar-refractivity contribution is 7.89. The summed E-state index contributed by atoms with van der Waals surface area (Å²) in [6, 6.07) is 13.2. The molecular formula is C28H37N3O7S2. The molecule has 2 aromatic carbocycles. The molecule has 0 bridgehead atoms. The molecule has 1 heterocycles. The van der Waals surface area contributed by atoms with Crippen LogP contribution in [0, 0.1) is 5.92 Å². The number of thiazole rings is 1. The molecule has 0 aliphatic carbocycles. The predicted octanol–water partition coefficient (Wildman–Crippen LogP) is 3.98. The van der Waals surface area contributed by atoms with E-state index in [2.05, 4.69) is 15.0 Å². The van der Waals surface area contributed by atoms with Crippen molar-refractivity contribution in [1.29, 1.82) is 0 Å². The van der Waals surface area contributed by atoms with Gasteiger partial charge in [-0.15, -0.1) is 11.3 Å². The minimum Gasteiger partial charge on any atom is -0.469 e. The van der Waals surface area contributed by atoms with E-state index in [1.165, 1.54) is 28.8 Å². The summed E-state index contributed by atoms with van der Waals surface area (Å²) in [4.78, 5) is 28.6. The second-order valence-corrected chi connectivity index (χ2v) is 12.4. The number of hydrogen-bond donors (Lipinski definition) is 2. The van der Waals surface area contributed by atoms with Crippen molar-refractivity contribution in [2.75, 3.05) is 26.8 Å². The number of esters is 1. The molecule has 3 aromatic rings. The average molecular weight is 592 g/mol. The first-order chi connectivity index (χ1) is 19.1. The lowest BCUT2D eigenvalue weighted by Crippen LogP contribution is -2.51. The van der Waals surface area contributed by atoms with Gasteiger partial charge in [-0.2, -0.15) is 4.31 Å². The molecule has 218 valence electrons. The van der Waals surface area contributed by atoms with E-state index in [0.717, 1.165) is 23.1 Å². The predicted molar refractivity (Wildman–Crippen MR) is 154 cm³/mol.